The molecule has 0 fully saturated rings. The van der Waals surface area contributed by atoms with Crippen molar-refractivity contribution in [3.05, 3.63) is 0 Å². The Hall–Kier alpha value is 0. The maximum atomic E-state index is 2.00. The van der Waals surface area contributed by atoms with Crippen LogP contribution < -0.4 is 0 Å². The van der Waals surface area contributed by atoms with Crippen molar-refractivity contribution in [3.63, 3.8) is 0 Å². The summed E-state index contributed by atoms with van der Waals surface area (Å²) < 4.78 is 0. The van der Waals surface area contributed by atoms with E-state index in [4.69, 9.17) is 0 Å². The molecule has 0 spiro atoms. The highest BCUT2D eigenvalue weighted by Gasteiger charge is 0.936. The predicted octanol–water partition coefficient (Wildman–Crippen LogP) is 18.7. The molecule has 0 amide bonds. The molecule has 0 aromatic heterocycles. The van der Waals surface area contributed by atoms with E-state index in [1.807, 2.05) is 41.5 Å². The van der Waals surface area contributed by atoms with Gasteiger partial charge >= 0.3 is 0 Å². The van der Waals surface area contributed by atoms with Crippen molar-refractivity contribution in [2.75, 3.05) is 0 Å². The van der Waals surface area contributed by atoms with Crippen LogP contribution in [-0.4, -0.2) is 0 Å². The van der Waals surface area contributed by atoms with Crippen LogP contribution in [-0.2, 0) is 0 Å². The second kappa shape index (κ2) is 0. The first-order valence-corrected chi connectivity index (χ1v) is 3.00. The quantitative estimate of drug-likeness (QED) is 0.332. The van der Waals surface area contributed by atoms with Gasteiger partial charge in [0.2, 0.25) is 0 Å². The van der Waals surface area contributed by atoms with Gasteiger partial charge in [-0.1, -0.05) is 212 Å². The molecule has 0 rings (SSSR count). The molecule has 0 nitrogen and oxygen atoms in total. The highest BCUT2D eigenvalue weighted by molar-refractivity contribution is 3.51. The molecule has 29 heavy (non-hydrogen) atoms. The first kappa shape index (κ1) is 2530. The highest BCUT2D eigenvalue weighted by Crippen LogP contribution is 1.15. The Morgan fingerprint density at radius 1 is 0.138 bits per heavy atom. The third-order valence-corrected chi connectivity index (χ3v) is 0. The van der Waals surface area contributed by atoms with E-state index in [1.165, 1.54) is 0 Å². The lowest BCUT2D eigenvalue weighted by Crippen LogP contribution is -0.856. The lowest BCUT2D eigenvalue weighted by Gasteiger charge is -1.07. The third kappa shape index (κ3) is 0. The Balaban J connectivity index is -0.000000000104. The van der Waals surface area contributed by atoms with E-state index in [0.29, 0.717) is 0 Å². The number of rotatable bonds is 0. The van der Waals surface area contributed by atoms with E-state index < -0.39 is 0 Å². The van der Waals surface area contributed by atoms with Crippen LogP contribution in [0.2, 0.25) is 0 Å². The van der Waals surface area contributed by atoms with Crippen LogP contribution in [0.1, 0.15) is 218 Å². The molecule has 234 valence electrons. The largest absolute Gasteiger partial charge is 0.0776 e. The van der Waals surface area contributed by atoms with Crippen LogP contribution in [0, 0.1) is 0 Å². The first-order valence-electron chi connectivity index (χ1n) is 3.00. The van der Waals surface area contributed by atoms with Gasteiger partial charge in [-0.2, -0.15) is 0 Å². The molecule has 0 radical (unpaired) electrons. The van der Waals surface area contributed by atoms with E-state index in [2.05, 4.69) is 0 Å². The minimum Gasteiger partial charge on any atom is -0.0776 e. The molecule has 0 unspecified atom stereocenters. The Morgan fingerprint density at radius 2 is 0.138 bits per heavy atom. The van der Waals surface area contributed by atoms with Gasteiger partial charge in [0.15, 0.2) is 0 Å². The number of hydrogen-bond acceptors (Lipinski definition) is 0. The van der Waals surface area contributed by atoms with Gasteiger partial charge in [0.05, 0.1) is 0 Å². The fraction of sp³-hybridized carbons (Fsp3) is 1.00. The van der Waals surface area contributed by atoms with Crippen LogP contribution >= 0.6 is 0 Å². The van der Waals surface area contributed by atoms with Crippen LogP contribution in [0.15, 0.2) is 0 Å². The molecule has 0 aromatic rings. The Labute approximate surface area is 218 Å². The van der Waals surface area contributed by atoms with Crippen LogP contribution in [0.25, 0.3) is 0 Å². The predicted molar refractivity (Wildman–Crippen MR) is 197 cm³/mol. The van der Waals surface area contributed by atoms with Crippen molar-refractivity contribution >= 4 is 0 Å². The Bertz CT molecular complexity index is 17.6. The summed E-state index contributed by atoms with van der Waals surface area (Å²) in [4.78, 5) is 0. The summed E-state index contributed by atoms with van der Waals surface area (Å²) in [6.07, 6.45) is 0. The van der Waals surface area contributed by atoms with Gasteiger partial charge in [0.1, 0.15) is 0 Å². The zero-order valence-corrected chi connectivity index (χ0v) is 6.00. The molecule has 0 aliphatic heterocycles. The van der Waals surface area contributed by atoms with Crippen molar-refractivity contribution in [3.8, 4) is 0 Å². The zero-order chi connectivity index (χ0) is 6.00. The minimum atomic E-state index is 0. The summed E-state index contributed by atoms with van der Waals surface area (Å²) in [5, 5.41) is 0. The van der Waals surface area contributed by atoms with E-state index in [1.54, 1.807) is 0 Å². The van der Waals surface area contributed by atoms with Crippen molar-refractivity contribution in [1.29, 1.82) is 0 Å². The second-order valence-electron chi connectivity index (χ2n) is 0. The molecule has 0 heteroatoms. The normalized spacial score (nSPS) is 0.621. The van der Waals surface area contributed by atoms with E-state index >= 15 is 0 Å². The van der Waals surface area contributed by atoms with E-state index in [9.17, 15) is 0 Å². The second-order valence-corrected chi connectivity index (χ2v) is 0. The zero-order valence-electron chi connectivity index (χ0n) is 6.00. The monoisotopic (exact) mass is 467 g/mol. The summed E-state index contributed by atoms with van der Waals surface area (Å²) in [7, 11) is 0. The van der Waals surface area contributed by atoms with Crippen LogP contribution in [0.5, 0.6) is 0 Å². The Kier molecular flexibility index (Phi) is 0. The molecule has 0 atom stereocenters. The Morgan fingerprint density at radius 3 is 0.138 bits per heavy atom. The van der Waals surface area contributed by atoms with Gasteiger partial charge in [-0.3, -0.25) is 0 Å². The average Bonchev–Trinajstić information content (AvgIpc) is 1.81. The van der Waals surface area contributed by atoms with Gasteiger partial charge < -0.3 is 0 Å². The summed E-state index contributed by atoms with van der Waals surface area (Å²) in [5.41, 5.74) is 0. The first-order chi connectivity index (χ1) is 3.00. The van der Waals surface area contributed by atoms with Crippen LogP contribution in [0.4, 0.5) is 0 Å². The smallest absolute Gasteiger partial charge is 0 e. The van der Waals surface area contributed by atoms with Crippen molar-refractivity contribution < 1.29 is 5.71 Å². The van der Waals surface area contributed by atoms with Crippen molar-refractivity contribution in [2.45, 2.75) is 212 Å². The fourth-order valence-electron chi connectivity index (χ4n) is 0. The van der Waals surface area contributed by atoms with E-state index in [0.717, 1.165) is 0 Å². The average molecular weight is 467 g/mol. The molecule has 0 N–H and O–H groups in total. The standard InChI is InChI=1S/3C2H6.23CH4.4H2/c3*1-2;;;;;;;;;;;;;;;;;;;;;;;;;;;/h3*1-2H3;23*1H4;4*1H. The summed E-state index contributed by atoms with van der Waals surface area (Å²) in [6.45, 7) is 12.0. The molecular formula is C29H118. The van der Waals surface area contributed by atoms with Gasteiger partial charge in [-0.05, 0) is 0 Å². The maximum Gasteiger partial charge on any atom is 0 e. The molecule has 0 bridgehead atoms. The van der Waals surface area contributed by atoms with Gasteiger partial charge in [-0.15, -0.1) is 0 Å². The van der Waals surface area contributed by atoms with Crippen molar-refractivity contribution in [2.24, 2.45) is 0 Å². The third-order valence-electron chi connectivity index (χ3n) is 0. The maximum absolute atomic E-state index is 2.00. The topological polar surface area (TPSA) is 0 Å². The molecule has 0 aliphatic rings. The fourth-order valence-corrected chi connectivity index (χ4v) is 0. The van der Waals surface area contributed by atoms with Gasteiger partial charge in [0.25, 0.3) is 0 Å². The lowest BCUT2D eigenvalue weighted by molar-refractivity contribution is 1.50. The molecular weight excluding hydrogens is 348 g/mol. The highest BCUT2D eigenvalue weighted by atomic mass is 13.0. The summed E-state index contributed by atoms with van der Waals surface area (Å²) in [5.74, 6) is 0. The van der Waals surface area contributed by atoms with Gasteiger partial charge in [0, 0.05) is 5.71 Å². The van der Waals surface area contributed by atoms with Gasteiger partial charge in [-0.25, -0.2) is 0 Å². The minimum absolute atomic E-state index is 0. The molecule has 0 saturated heterocycles. The lowest BCUT2D eigenvalue weighted by atomic mass is 11.0. The summed E-state index contributed by atoms with van der Waals surface area (Å²) in [6, 6.07) is 0. The summed E-state index contributed by atoms with van der Waals surface area (Å²) >= 11 is 0. The molecule has 0 heterocycles. The SMILES string of the molecule is C.C.C.C.C.C.C.C.C.C.C.C.C.C.C.C.C.C.C.C.C.C.C.CC.CC.CC.[HH].[HH].[HH].[HH]. The van der Waals surface area contributed by atoms with Crippen LogP contribution in [0.3, 0.4) is 0 Å². The van der Waals surface area contributed by atoms with E-state index in [-0.39, 0.29) is 177 Å². The molecule has 0 aliphatic carbocycles. The molecule has 0 aromatic carbocycles. The molecule has 0 saturated carbocycles. The number of hydrogen-bond donors (Lipinski definition) is 0. The van der Waals surface area contributed by atoms with Crippen molar-refractivity contribution in [1.82, 2.24) is 0 Å².